The molecule has 0 unspecified atom stereocenters. The molecular weight excluding hydrogens is 502 g/mol. The van der Waals surface area contributed by atoms with Gasteiger partial charge in [-0.15, -0.1) is 0 Å². The van der Waals surface area contributed by atoms with Crippen molar-refractivity contribution in [3.8, 4) is 0 Å². The molecule has 6 nitrogen and oxygen atoms in total. The van der Waals surface area contributed by atoms with Crippen LogP contribution in [0.25, 0.3) is 0 Å². The fourth-order valence-corrected chi connectivity index (χ4v) is 6.09. The third-order valence-electron chi connectivity index (χ3n) is 8.17. The first-order chi connectivity index (χ1) is 18.2. The number of alkyl halides is 1. The molecule has 0 radical (unpaired) electrons. The van der Waals surface area contributed by atoms with Gasteiger partial charge < -0.3 is 25.4 Å². The predicted molar refractivity (Wildman–Crippen MR) is 138 cm³/mol. The third kappa shape index (κ3) is 8.05. The van der Waals surface area contributed by atoms with Gasteiger partial charge in [0.2, 0.25) is 0 Å². The highest BCUT2D eigenvalue weighted by Gasteiger charge is 2.43. The average Bonchev–Trinajstić information content (AvgIpc) is 2.90. The number of likely N-dealkylation sites (N-methyl/N-ethyl adjacent to an activating group) is 1. The van der Waals surface area contributed by atoms with Gasteiger partial charge in [-0.1, -0.05) is 0 Å². The van der Waals surface area contributed by atoms with E-state index >= 15 is 0 Å². The molecule has 1 aliphatic heterocycles. The Hall–Kier alpha value is -1.91. The molecule has 1 aromatic carbocycles. The monoisotopic (exact) mass is 545 g/mol. The van der Waals surface area contributed by atoms with Crippen LogP contribution in [0, 0.1) is 29.3 Å². The van der Waals surface area contributed by atoms with Crippen molar-refractivity contribution in [1.29, 1.82) is 0 Å². The Morgan fingerprint density at radius 3 is 2.61 bits per heavy atom. The summed E-state index contributed by atoms with van der Waals surface area (Å²) in [5.41, 5.74) is -2.26. The molecule has 2 aliphatic rings. The van der Waals surface area contributed by atoms with Gasteiger partial charge in [-0.3, -0.25) is 0 Å². The summed E-state index contributed by atoms with van der Waals surface area (Å²) >= 11 is 0. The Bertz CT molecular complexity index is 900. The Morgan fingerprint density at radius 1 is 1.18 bits per heavy atom. The van der Waals surface area contributed by atoms with Crippen LogP contribution in [0.5, 0.6) is 0 Å². The van der Waals surface area contributed by atoms with E-state index in [1.165, 1.54) is 0 Å². The van der Waals surface area contributed by atoms with Gasteiger partial charge in [0.25, 0.3) is 0 Å². The number of carbonyl (C=O) groups excluding carboxylic acids is 1. The van der Waals surface area contributed by atoms with E-state index in [-0.39, 0.29) is 25.0 Å². The molecule has 1 saturated heterocycles. The van der Waals surface area contributed by atoms with Crippen LogP contribution in [0.3, 0.4) is 0 Å². The molecule has 3 N–H and O–H groups in total. The van der Waals surface area contributed by atoms with E-state index in [1.807, 2.05) is 7.05 Å². The van der Waals surface area contributed by atoms with Crippen molar-refractivity contribution in [3.63, 3.8) is 0 Å². The van der Waals surface area contributed by atoms with Gasteiger partial charge in [-0.05, 0) is 83.2 Å². The first-order valence-electron chi connectivity index (χ1n) is 13.9. The number of hydrogen-bond donors (Lipinski definition) is 3. The molecule has 2 fully saturated rings. The number of hydrogen-bond acceptors (Lipinski definition) is 4. The highest BCUT2D eigenvalue weighted by Crippen LogP contribution is 2.41. The average molecular weight is 546 g/mol. The maximum absolute atomic E-state index is 14.9. The number of aliphatic hydroxyl groups is 1. The Morgan fingerprint density at radius 2 is 1.92 bits per heavy atom. The first-order valence-corrected chi connectivity index (χ1v) is 13.9. The molecule has 0 aromatic heterocycles. The second kappa shape index (κ2) is 14.5. The molecule has 2 amide bonds. The minimum absolute atomic E-state index is 0.0793. The van der Waals surface area contributed by atoms with Crippen molar-refractivity contribution in [1.82, 2.24) is 15.5 Å². The Balaban J connectivity index is 1.74. The lowest BCUT2D eigenvalue weighted by Crippen LogP contribution is -2.54. The van der Waals surface area contributed by atoms with Crippen molar-refractivity contribution in [2.75, 3.05) is 40.4 Å². The Kier molecular flexibility index (Phi) is 11.7. The molecule has 10 heteroatoms. The molecule has 1 aromatic rings. The number of piperidine rings is 1. The lowest BCUT2D eigenvalue weighted by molar-refractivity contribution is -0.0594. The van der Waals surface area contributed by atoms with Crippen molar-refractivity contribution in [2.45, 2.75) is 82.0 Å². The smallest absolute Gasteiger partial charge is 0.317 e. The summed E-state index contributed by atoms with van der Waals surface area (Å²) in [5, 5.41) is 18.0. The molecule has 216 valence electrons. The van der Waals surface area contributed by atoms with Gasteiger partial charge in [0, 0.05) is 56.9 Å². The second-order valence-electron chi connectivity index (χ2n) is 11.0. The number of nitrogens with one attached hydrogen (secondary N) is 2. The third-order valence-corrected chi connectivity index (χ3v) is 8.17. The van der Waals surface area contributed by atoms with E-state index in [2.05, 4.69) is 10.6 Å². The lowest BCUT2D eigenvalue weighted by Gasteiger charge is -2.43. The number of carbonyl (C=O) groups is 1. The van der Waals surface area contributed by atoms with Crippen LogP contribution in [-0.4, -0.2) is 68.6 Å². The number of benzene rings is 1. The summed E-state index contributed by atoms with van der Waals surface area (Å²) < 4.78 is 61.9. The number of nitrogens with zero attached hydrogens (tertiary/aromatic N) is 1. The molecule has 1 aliphatic carbocycles. The van der Waals surface area contributed by atoms with Crippen LogP contribution < -0.4 is 10.6 Å². The first kappa shape index (κ1) is 30.6. The van der Waals surface area contributed by atoms with E-state index in [0.717, 1.165) is 25.3 Å². The fraction of sp³-hybridized carbons (Fsp3) is 0.750. The van der Waals surface area contributed by atoms with E-state index in [0.29, 0.717) is 70.2 Å². The summed E-state index contributed by atoms with van der Waals surface area (Å²) in [4.78, 5) is 14.9. The van der Waals surface area contributed by atoms with Crippen molar-refractivity contribution >= 4 is 6.03 Å². The SMILES string of the molecule is CNC[C@H](CC1CCC(F)CC1)NC(=O)N1CCC[C@@H]([C@@](O)(CCCCOC)c2cc(F)cc(F)c2F)C1. The van der Waals surface area contributed by atoms with Gasteiger partial charge in [0.15, 0.2) is 11.6 Å². The summed E-state index contributed by atoms with van der Waals surface area (Å²) in [6, 6.07) is 0.897. The number of halogens is 4. The normalized spacial score (nSPS) is 24.6. The highest BCUT2D eigenvalue weighted by molar-refractivity contribution is 5.74. The molecule has 38 heavy (non-hydrogen) atoms. The van der Waals surface area contributed by atoms with Gasteiger partial charge in [-0.25, -0.2) is 22.4 Å². The predicted octanol–water partition coefficient (Wildman–Crippen LogP) is 5.04. The van der Waals surface area contributed by atoms with Crippen LogP contribution in [0.4, 0.5) is 22.4 Å². The second-order valence-corrected chi connectivity index (χ2v) is 11.0. The number of ether oxygens (including phenoxy) is 1. The van der Waals surface area contributed by atoms with Gasteiger partial charge in [-0.2, -0.15) is 0 Å². The van der Waals surface area contributed by atoms with Crippen LogP contribution in [0.2, 0.25) is 0 Å². The maximum atomic E-state index is 14.9. The number of urea groups is 1. The van der Waals surface area contributed by atoms with Gasteiger partial charge in [0.1, 0.15) is 12.0 Å². The number of likely N-dealkylation sites (tertiary alicyclic amines) is 1. The summed E-state index contributed by atoms with van der Waals surface area (Å²) in [7, 11) is 3.36. The zero-order valence-corrected chi connectivity index (χ0v) is 22.6. The number of unbranched alkanes of at least 4 members (excludes halogenated alkanes) is 1. The maximum Gasteiger partial charge on any atom is 0.317 e. The quantitative estimate of drug-likeness (QED) is 0.196. The molecule has 3 rings (SSSR count). The van der Waals surface area contributed by atoms with Crippen molar-refractivity contribution < 1.29 is 32.2 Å². The van der Waals surface area contributed by atoms with Crippen LogP contribution >= 0.6 is 0 Å². The molecule has 0 spiro atoms. The van der Waals surface area contributed by atoms with Gasteiger partial charge >= 0.3 is 6.03 Å². The van der Waals surface area contributed by atoms with E-state index in [1.54, 1.807) is 12.0 Å². The lowest BCUT2D eigenvalue weighted by atomic mass is 9.74. The number of amides is 2. The summed E-state index contributed by atoms with van der Waals surface area (Å²) in [5.74, 6) is -3.84. The minimum atomic E-state index is -1.85. The molecule has 0 bridgehead atoms. The van der Waals surface area contributed by atoms with Crippen molar-refractivity contribution in [2.24, 2.45) is 11.8 Å². The van der Waals surface area contributed by atoms with Gasteiger partial charge in [0.05, 0.1) is 5.60 Å². The topological polar surface area (TPSA) is 73.8 Å². The molecule has 1 saturated carbocycles. The van der Waals surface area contributed by atoms with Crippen LogP contribution in [0.15, 0.2) is 12.1 Å². The summed E-state index contributed by atoms with van der Waals surface area (Å²) in [6.07, 6.45) is 4.88. The standard InChI is InChI=1S/C28H43F4N3O3/c1-33-17-23(14-19-7-9-21(29)10-8-19)34-27(36)35-12-5-6-20(18-35)28(37,11-3-4-13-38-2)24-15-22(30)16-25(31)26(24)32/h15-16,19-21,23,33,37H,3-14,17-18H2,1-2H3,(H,34,36)/t19?,20-,21?,23+,28+/m1/s1. The molecule has 3 atom stereocenters. The van der Waals surface area contributed by atoms with Crippen LogP contribution in [0.1, 0.15) is 69.8 Å². The van der Waals surface area contributed by atoms with Crippen molar-refractivity contribution in [3.05, 3.63) is 35.1 Å². The molecule has 1 heterocycles. The molecular formula is C28H43F4N3O3. The van der Waals surface area contributed by atoms with E-state index in [4.69, 9.17) is 4.74 Å². The van der Waals surface area contributed by atoms with Crippen LogP contribution in [-0.2, 0) is 10.3 Å². The largest absolute Gasteiger partial charge is 0.385 e. The van der Waals surface area contributed by atoms with E-state index < -0.39 is 40.7 Å². The number of methoxy groups -OCH3 is 1. The summed E-state index contributed by atoms with van der Waals surface area (Å²) in [6.45, 7) is 1.59. The zero-order valence-electron chi connectivity index (χ0n) is 22.6. The van der Waals surface area contributed by atoms with E-state index in [9.17, 15) is 27.5 Å². The number of rotatable bonds is 12. The highest BCUT2D eigenvalue weighted by atomic mass is 19.2. The minimum Gasteiger partial charge on any atom is -0.385 e. The zero-order chi connectivity index (χ0) is 27.7. The Labute approximate surface area is 223 Å². The fourth-order valence-electron chi connectivity index (χ4n) is 6.09.